The summed E-state index contributed by atoms with van der Waals surface area (Å²) in [5.41, 5.74) is 0. The molecule has 2 N–H and O–H groups in total. The number of carbonyl (C=O) groups excluding carboxylic acids is 1. The van der Waals surface area contributed by atoms with E-state index in [0.717, 1.165) is 6.26 Å². The number of aliphatic hydroxyl groups excluding tert-OH is 1. The van der Waals surface area contributed by atoms with E-state index in [-0.39, 0.29) is 19.4 Å². The molecular formula is C9H14O5. The molecule has 5 nitrogen and oxygen atoms in total. The molecular weight excluding hydrogens is 188 g/mol. The molecule has 0 aromatic rings. The second kappa shape index (κ2) is 11.2. The van der Waals surface area contributed by atoms with Gasteiger partial charge in [-0.15, -0.1) is 0 Å². The molecule has 5 heteroatoms. The lowest BCUT2D eigenvalue weighted by molar-refractivity contribution is -0.146. The first-order chi connectivity index (χ1) is 6.58. The number of ether oxygens (including phenoxy) is 1. The Bertz CT molecular complexity index is 197. The molecule has 0 aliphatic heterocycles. The first-order valence-electron chi connectivity index (χ1n) is 3.81. The van der Waals surface area contributed by atoms with Crippen LogP contribution in [0.25, 0.3) is 0 Å². The molecule has 0 aliphatic carbocycles. The number of esters is 1. The van der Waals surface area contributed by atoms with Crippen molar-refractivity contribution in [2.45, 2.75) is 12.8 Å². The molecule has 0 fully saturated rings. The summed E-state index contributed by atoms with van der Waals surface area (Å²) >= 11 is 0. The van der Waals surface area contributed by atoms with E-state index in [1.54, 1.807) is 0 Å². The van der Waals surface area contributed by atoms with Crippen LogP contribution >= 0.6 is 0 Å². The zero-order valence-corrected chi connectivity index (χ0v) is 7.81. The van der Waals surface area contributed by atoms with Crippen molar-refractivity contribution in [3.63, 3.8) is 0 Å². The molecule has 0 rings (SSSR count). The van der Waals surface area contributed by atoms with Crippen molar-refractivity contribution in [3.05, 3.63) is 25.5 Å². The summed E-state index contributed by atoms with van der Waals surface area (Å²) in [5, 5.41) is 15.5. The van der Waals surface area contributed by atoms with Gasteiger partial charge in [0.15, 0.2) is 0 Å². The van der Waals surface area contributed by atoms with Crippen LogP contribution in [0.5, 0.6) is 0 Å². The Balaban J connectivity index is 0. The standard InChI is InChI=1S/C7H10O4.C2H4O/c1-2-5-11-7(10)4-3-6(8)9;1-2-3/h2H,1,3-5H2,(H,8,9);2-3H,1H2. The number of hydrogen-bond acceptors (Lipinski definition) is 4. The Hall–Kier alpha value is -1.78. The fourth-order valence-electron chi connectivity index (χ4n) is 0.433. The van der Waals surface area contributed by atoms with Crippen LogP contribution < -0.4 is 0 Å². The van der Waals surface area contributed by atoms with Gasteiger partial charge in [-0.25, -0.2) is 0 Å². The first-order valence-corrected chi connectivity index (χ1v) is 3.81. The Kier molecular flexibility index (Phi) is 11.8. The van der Waals surface area contributed by atoms with Crippen molar-refractivity contribution in [2.75, 3.05) is 6.61 Å². The number of aliphatic hydroxyl groups is 1. The third kappa shape index (κ3) is 16.7. The maximum absolute atomic E-state index is 10.6. The molecule has 0 heterocycles. The predicted octanol–water partition coefficient (Wildman–Crippen LogP) is 1.27. The summed E-state index contributed by atoms with van der Waals surface area (Å²) < 4.78 is 4.52. The van der Waals surface area contributed by atoms with Crippen molar-refractivity contribution in [3.8, 4) is 0 Å². The predicted molar refractivity (Wildman–Crippen MR) is 50.9 cm³/mol. The molecule has 0 radical (unpaired) electrons. The number of carboxylic acid groups (broad SMARTS) is 1. The molecule has 0 spiro atoms. The molecule has 0 aliphatic rings. The van der Waals surface area contributed by atoms with E-state index in [1.165, 1.54) is 6.08 Å². The fraction of sp³-hybridized carbons (Fsp3) is 0.333. The summed E-state index contributed by atoms with van der Waals surface area (Å²) in [7, 11) is 0. The normalized spacial score (nSPS) is 7.71. The summed E-state index contributed by atoms with van der Waals surface area (Å²) in [6.07, 6.45) is 1.91. The van der Waals surface area contributed by atoms with Crippen LogP contribution in [0.4, 0.5) is 0 Å². The molecule has 0 aromatic heterocycles. The zero-order valence-electron chi connectivity index (χ0n) is 7.81. The molecule has 0 saturated heterocycles. The Morgan fingerprint density at radius 3 is 2.14 bits per heavy atom. The van der Waals surface area contributed by atoms with Crippen molar-refractivity contribution < 1.29 is 24.5 Å². The zero-order chi connectivity index (χ0) is 11.4. The minimum atomic E-state index is -0.999. The van der Waals surface area contributed by atoms with Crippen molar-refractivity contribution in [1.29, 1.82) is 0 Å². The largest absolute Gasteiger partial charge is 0.516 e. The molecule has 0 saturated carbocycles. The van der Waals surface area contributed by atoms with Gasteiger partial charge in [-0.3, -0.25) is 9.59 Å². The highest BCUT2D eigenvalue weighted by molar-refractivity contribution is 5.76. The average Bonchev–Trinajstić information content (AvgIpc) is 2.12. The lowest BCUT2D eigenvalue weighted by atomic mass is 10.3. The fourth-order valence-corrected chi connectivity index (χ4v) is 0.433. The minimum absolute atomic E-state index is 0.0802. The van der Waals surface area contributed by atoms with Crippen LogP contribution in [0.3, 0.4) is 0 Å². The van der Waals surface area contributed by atoms with Gasteiger partial charge in [0, 0.05) is 0 Å². The molecule has 0 aromatic carbocycles. The topological polar surface area (TPSA) is 83.8 Å². The summed E-state index contributed by atoms with van der Waals surface area (Å²) in [4.78, 5) is 20.5. The van der Waals surface area contributed by atoms with E-state index in [9.17, 15) is 9.59 Å². The number of hydrogen-bond donors (Lipinski definition) is 2. The van der Waals surface area contributed by atoms with E-state index in [4.69, 9.17) is 10.2 Å². The quantitative estimate of drug-likeness (QED) is 0.398. The highest BCUT2D eigenvalue weighted by atomic mass is 16.5. The van der Waals surface area contributed by atoms with E-state index < -0.39 is 11.9 Å². The van der Waals surface area contributed by atoms with Crippen molar-refractivity contribution >= 4 is 11.9 Å². The van der Waals surface area contributed by atoms with Gasteiger partial charge in [0.25, 0.3) is 0 Å². The van der Waals surface area contributed by atoms with Gasteiger partial charge in [-0.05, 0) is 0 Å². The van der Waals surface area contributed by atoms with Crippen LogP contribution in [-0.4, -0.2) is 28.8 Å². The van der Waals surface area contributed by atoms with E-state index in [2.05, 4.69) is 17.9 Å². The van der Waals surface area contributed by atoms with Crippen LogP contribution in [0.2, 0.25) is 0 Å². The summed E-state index contributed by atoms with van der Waals surface area (Å²) in [6, 6.07) is 0. The molecule has 80 valence electrons. The van der Waals surface area contributed by atoms with Gasteiger partial charge < -0.3 is 14.9 Å². The van der Waals surface area contributed by atoms with Gasteiger partial charge >= 0.3 is 11.9 Å². The second-order valence-electron chi connectivity index (χ2n) is 2.05. The molecule has 0 amide bonds. The van der Waals surface area contributed by atoms with Crippen molar-refractivity contribution in [1.82, 2.24) is 0 Å². The Labute approximate surface area is 82.3 Å². The summed E-state index contributed by atoms with van der Waals surface area (Å²) in [6.45, 7) is 6.39. The third-order valence-electron chi connectivity index (χ3n) is 0.905. The minimum Gasteiger partial charge on any atom is -0.516 e. The Morgan fingerprint density at radius 1 is 1.29 bits per heavy atom. The number of carboxylic acids is 1. The highest BCUT2D eigenvalue weighted by Gasteiger charge is 2.04. The first kappa shape index (κ1) is 14.7. The molecule has 0 bridgehead atoms. The van der Waals surface area contributed by atoms with E-state index >= 15 is 0 Å². The highest BCUT2D eigenvalue weighted by Crippen LogP contribution is 1.92. The van der Waals surface area contributed by atoms with Crippen LogP contribution in [0.1, 0.15) is 12.8 Å². The molecule has 0 atom stereocenters. The van der Waals surface area contributed by atoms with E-state index in [1.807, 2.05) is 0 Å². The molecule has 14 heavy (non-hydrogen) atoms. The maximum atomic E-state index is 10.6. The summed E-state index contributed by atoms with van der Waals surface area (Å²) in [5.74, 6) is -1.51. The van der Waals surface area contributed by atoms with Gasteiger partial charge in [-0.1, -0.05) is 19.2 Å². The van der Waals surface area contributed by atoms with Crippen LogP contribution in [-0.2, 0) is 14.3 Å². The lowest BCUT2D eigenvalue weighted by Gasteiger charge is -1.98. The van der Waals surface area contributed by atoms with Gasteiger partial charge in [-0.2, -0.15) is 0 Å². The van der Waals surface area contributed by atoms with Crippen LogP contribution in [0, 0.1) is 0 Å². The van der Waals surface area contributed by atoms with Gasteiger partial charge in [0.2, 0.25) is 0 Å². The monoisotopic (exact) mass is 202 g/mol. The third-order valence-corrected chi connectivity index (χ3v) is 0.905. The second-order valence-corrected chi connectivity index (χ2v) is 2.05. The maximum Gasteiger partial charge on any atom is 0.306 e. The van der Waals surface area contributed by atoms with E-state index in [0.29, 0.717) is 0 Å². The number of rotatable bonds is 5. The smallest absolute Gasteiger partial charge is 0.306 e. The van der Waals surface area contributed by atoms with Crippen LogP contribution in [0.15, 0.2) is 25.5 Å². The SMILES string of the molecule is C=CCOC(=O)CCC(=O)O.C=CO. The van der Waals surface area contributed by atoms with Gasteiger partial charge in [0.05, 0.1) is 19.1 Å². The average molecular weight is 202 g/mol. The number of carbonyl (C=O) groups is 2. The lowest BCUT2D eigenvalue weighted by Crippen LogP contribution is -2.07. The number of aliphatic carboxylic acids is 1. The van der Waals surface area contributed by atoms with Gasteiger partial charge in [0.1, 0.15) is 6.61 Å². The molecule has 0 unspecified atom stereocenters. The van der Waals surface area contributed by atoms with Crippen molar-refractivity contribution in [2.24, 2.45) is 0 Å². The Morgan fingerprint density at radius 2 is 1.79 bits per heavy atom.